The summed E-state index contributed by atoms with van der Waals surface area (Å²) in [7, 11) is -2.11. The van der Waals surface area contributed by atoms with E-state index in [-0.39, 0.29) is 24.2 Å². The van der Waals surface area contributed by atoms with E-state index in [1.807, 2.05) is 0 Å². The Morgan fingerprint density at radius 1 is 1.50 bits per heavy atom. The van der Waals surface area contributed by atoms with Crippen molar-refractivity contribution in [2.75, 3.05) is 13.7 Å². The zero-order valence-electron chi connectivity index (χ0n) is 10.2. The molecule has 1 unspecified atom stereocenters. The largest absolute Gasteiger partial charge is 0.392 e. The number of hydrogen-bond donors (Lipinski definition) is 2. The first-order valence-corrected chi connectivity index (χ1v) is 7.18. The molecule has 1 atom stereocenters. The van der Waals surface area contributed by atoms with E-state index in [4.69, 9.17) is 21.4 Å². The topological polar surface area (TPSA) is 75.6 Å². The maximum Gasteiger partial charge on any atom is 0.240 e. The Kier molecular flexibility index (Phi) is 5.55. The number of methoxy groups -OCH3 is 1. The minimum Gasteiger partial charge on any atom is -0.392 e. The van der Waals surface area contributed by atoms with Crippen LogP contribution in [0.4, 0.5) is 0 Å². The summed E-state index contributed by atoms with van der Waals surface area (Å²) in [4.78, 5) is 0.0688. The first kappa shape index (κ1) is 15.4. The molecule has 0 aliphatic carbocycles. The molecule has 0 radical (unpaired) electrons. The fourth-order valence-electron chi connectivity index (χ4n) is 1.23. The van der Waals surface area contributed by atoms with Crippen LogP contribution in [0.2, 0.25) is 5.02 Å². The molecule has 0 bridgehead atoms. The van der Waals surface area contributed by atoms with Crippen LogP contribution in [-0.2, 0) is 21.4 Å². The van der Waals surface area contributed by atoms with Gasteiger partial charge in [0.15, 0.2) is 0 Å². The SMILES string of the molecule is COC(C)CNS(=O)(=O)c1ccc(Cl)c(CO)c1. The fourth-order valence-corrected chi connectivity index (χ4v) is 2.58. The number of rotatable bonds is 6. The van der Waals surface area contributed by atoms with Gasteiger partial charge in [0.1, 0.15) is 0 Å². The normalized spacial score (nSPS) is 13.6. The predicted octanol–water partition coefficient (Wildman–Crippen LogP) is 1.15. The molecule has 2 N–H and O–H groups in total. The number of halogens is 1. The number of benzene rings is 1. The van der Waals surface area contributed by atoms with Crippen LogP contribution in [0.3, 0.4) is 0 Å². The molecule has 0 saturated heterocycles. The first-order valence-electron chi connectivity index (χ1n) is 5.32. The Morgan fingerprint density at radius 3 is 2.72 bits per heavy atom. The Balaban J connectivity index is 2.91. The summed E-state index contributed by atoms with van der Waals surface area (Å²) in [5, 5.41) is 9.38. The zero-order chi connectivity index (χ0) is 13.8. The van der Waals surface area contributed by atoms with Crippen molar-refractivity contribution < 1.29 is 18.3 Å². The van der Waals surface area contributed by atoms with Crippen molar-refractivity contribution in [1.29, 1.82) is 0 Å². The lowest BCUT2D eigenvalue weighted by molar-refractivity contribution is 0.122. The number of nitrogens with one attached hydrogen (secondary N) is 1. The maximum absolute atomic E-state index is 11.9. The highest BCUT2D eigenvalue weighted by Crippen LogP contribution is 2.20. The molecule has 0 fully saturated rings. The van der Waals surface area contributed by atoms with Crippen molar-refractivity contribution in [2.45, 2.75) is 24.5 Å². The standard InChI is InChI=1S/C11H16ClNO4S/c1-8(17-2)6-13-18(15,16)10-3-4-11(12)9(5-10)7-14/h3-5,8,13-14H,6-7H2,1-2H3. The monoisotopic (exact) mass is 293 g/mol. The van der Waals surface area contributed by atoms with Crippen LogP contribution in [0.25, 0.3) is 0 Å². The van der Waals surface area contributed by atoms with Gasteiger partial charge < -0.3 is 9.84 Å². The molecular weight excluding hydrogens is 278 g/mol. The molecule has 0 amide bonds. The van der Waals surface area contributed by atoms with Crippen molar-refractivity contribution >= 4 is 21.6 Å². The van der Waals surface area contributed by atoms with E-state index in [1.165, 1.54) is 25.3 Å². The third-order valence-electron chi connectivity index (χ3n) is 2.46. The lowest BCUT2D eigenvalue weighted by Crippen LogP contribution is -2.31. The molecule has 0 aliphatic rings. The molecule has 0 saturated carbocycles. The number of sulfonamides is 1. The van der Waals surface area contributed by atoms with Crippen molar-refractivity contribution in [3.8, 4) is 0 Å². The van der Waals surface area contributed by atoms with Crippen LogP contribution < -0.4 is 4.72 Å². The lowest BCUT2D eigenvalue weighted by atomic mass is 10.2. The first-order chi connectivity index (χ1) is 8.40. The molecule has 1 aromatic carbocycles. The second kappa shape index (κ2) is 6.49. The van der Waals surface area contributed by atoms with Crippen molar-refractivity contribution in [3.05, 3.63) is 28.8 Å². The van der Waals surface area contributed by atoms with E-state index in [0.717, 1.165) is 0 Å². The van der Waals surface area contributed by atoms with Crippen LogP contribution >= 0.6 is 11.6 Å². The van der Waals surface area contributed by atoms with Crippen LogP contribution in [0.5, 0.6) is 0 Å². The molecule has 102 valence electrons. The van der Waals surface area contributed by atoms with Crippen molar-refractivity contribution in [1.82, 2.24) is 4.72 Å². The lowest BCUT2D eigenvalue weighted by Gasteiger charge is -2.12. The van der Waals surface area contributed by atoms with Gasteiger partial charge in [-0.1, -0.05) is 11.6 Å². The van der Waals surface area contributed by atoms with Gasteiger partial charge in [0, 0.05) is 18.7 Å². The molecule has 0 spiro atoms. The molecule has 18 heavy (non-hydrogen) atoms. The highest BCUT2D eigenvalue weighted by atomic mass is 35.5. The van der Waals surface area contributed by atoms with E-state index in [2.05, 4.69) is 4.72 Å². The second-order valence-electron chi connectivity index (χ2n) is 3.81. The van der Waals surface area contributed by atoms with Crippen LogP contribution in [-0.4, -0.2) is 33.3 Å². The van der Waals surface area contributed by atoms with Gasteiger partial charge in [-0.3, -0.25) is 0 Å². The number of aliphatic hydroxyl groups excluding tert-OH is 1. The van der Waals surface area contributed by atoms with Gasteiger partial charge in [0.2, 0.25) is 10.0 Å². The quantitative estimate of drug-likeness (QED) is 0.825. The Bertz CT molecular complexity index is 504. The maximum atomic E-state index is 11.9. The van der Waals surface area contributed by atoms with E-state index in [0.29, 0.717) is 10.6 Å². The van der Waals surface area contributed by atoms with E-state index < -0.39 is 10.0 Å². The fraction of sp³-hybridized carbons (Fsp3) is 0.455. The van der Waals surface area contributed by atoms with E-state index in [9.17, 15) is 8.42 Å². The Labute approximate surface area is 112 Å². The summed E-state index contributed by atoms with van der Waals surface area (Å²) in [5.41, 5.74) is 0.374. The highest BCUT2D eigenvalue weighted by Gasteiger charge is 2.16. The van der Waals surface area contributed by atoms with Gasteiger partial charge in [0.05, 0.1) is 17.6 Å². The minimum absolute atomic E-state index is 0.0688. The summed E-state index contributed by atoms with van der Waals surface area (Å²) >= 11 is 5.80. The Hall–Kier alpha value is -0.660. The molecule has 1 rings (SSSR count). The molecule has 0 aliphatic heterocycles. The molecule has 5 nitrogen and oxygen atoms in total. The third-order valence-corrected chi connectivity index (χ3v) is 4.25. The zero-order valence-corrected chi connectivity index (χ0v) is 11.8. The number of hydrogen-bond acceptors (Lipinski definition) is 4. The second-order valence-corrected chi connectivity index (χ2v) is 5.98. The van der Waals surface area contributed by atoms with E-state index in [1.54, 1.807) is 6.92 Å². The van der Waals surface area contributed by atoms with Gasteiger partial charge in [-0.2, -0.15) is 0 Å². The van der Waals surface area contributed by atoms with Gasteiger partial charge in [-0.25, -0.2) is 13.1 Å². The van der Waals surface area contributed by atoms with Gasteiger partial charge in [-0.15, -0.1) is 0 Å². The summed E-state index contributed by atoms with van der Waals surface area (Å²) < 4.78 is 31.3. The molecule has 0 heterocycles. The van der Waals surface area contributed by atoms with Gasteiger partial charge in [-0.05, 0) is 30.7 Å². The summed E-state index contributed by atoms with van der Waals surface area (Å²) in [5.74, 6) is 0. The van der Waals surface area contributed by atoms with Crippen LogP contribution in [0.15, 0.2) is 23.1 Å². The Morgan fingerprint density at radius 2 is 2.17 bits per heavy atom. The molecular formula is C11H16ClNO4S. The van der Waals surface area contributed by atoms with E-state index >= 15 is 0 Å². The summed E-state index contributed by atoms with van der Waals surface area (Å²) in [6.45, 7) is 1.62. The molecule has 1 aromatic rings. The van der Waals surface area contributed by atoms with Crippen LogP contribution in [0.1, 0.15) is 12.5 Å². The molecule has 7 heteroatoms. The minimum atomic E-state index is -3.61. The highest BCUT2D eigenvalue weighted by molar-refractivity contribution is 7.89. The summed E-state index contributed by atoms with van der Waals surface area (Å²) in [6, 6.07) is 4.19. The van der Waals surface area contributed by atoms with Crippen molar-refractivity contribution in [3.63, 3.8) is 0 Å². The smallest absolute Gasteiger partial charge is 0.240 e. The van der Waals surface area contributed by atoms with Crippen LogP contribution in [0, 0.1) is 0 Å². The third kappa shape index (κ3) is 3.93. The summed E-state index contributed by atoms with van der Waals surface area (Å²) in [6.07, 6.45) is -0.218. The van der Waals surface area contributed by atoms with Gasteiger partial charge >= 0.3 is 0 Å². The predicted molar refractivity (Wildman–Crippen MR) is 69.0 cm³/mol. The van der Waals surface area contributed by atoms with Gasteiger partial charge in [0.25, 0.3) is 0 Å². The molecule has 0 aromatic heterocycles. The van der Waals surface area contributed by atoms with Crippen molar-refractivity contribution in [2.24, 2.45) is 0 Å². The average molecular weight is 294 g/mol. The number of ether oxygens (including phenoxy) is 1. The number of aliphatic hydroxyl groups is 1. The average Bonchev–Trinajstić information content (AvgIpc) is 2.36.